The first kappa shape index (κ1) is 12.8. The molecule has 21 heavy (non-hydrogen) atoms. The smallest absolute Gasteiger partial charge is 0.141 e. The van der Waals surface area contributed by atoms with Crippen LogP contribution >= 0.6 is 0 Å². The third-order valence-electron chi connectivity index (χ3n) is 3.02. The Morgan fingerprint density at radius 1 is 1.14 bits per heavy atom. The molecule has 0 radical (unpaired) electrons. The highest BCUT2D eigenvalue weighted by Gasteiger charge is 2.08. The predicted octanol–water partition coefficient (Wildman–Crippen LogP) is 2.97. The van der Waals surface area contributed by atoms with Gasteiger partial charge in [-0.15, -0.1) is 0 Å². The largest absolute Gasteiger partial charge is 0.399 e. The Kier molecular flexibility index (Phi) is 3.09. The minimum absolute atomic E-state index is 0.206. The van der Waals surface area contributed by atoms with Gasteiger partial charge < -0.3 is 11.1 Å². The lowest BCUT2D eigenvalue weighted by Gasteiger charge is -2.10. The molecule has 0 spiro atoms. The first-order chi connectivity index (χ1) is 10.2. The predicted molar refractivity (Wildman–Crippen MR) is 78.3 cm³/mol. The second kappa shape index (κ2) is 5.06. The number of rotatable bonds is 2. The fourth-order valence-electron chi connectivity index (χ4n) is 2.02. The maximum atomic E-state index is 13.2. The second-order valence-corrected chi connectivity index (χ2v) is 4.43. The molecule has 3 N–H and O–H groups in total. The van der Waals surface area contributed by atoms with Crippen molar-refractivity contribution < 1.29 is 4.39 Å². The number of nitriles is 1. The second-order valence-electron chi connectivity index (χ2n) is 4.43. The number of benzene rings is 2. The summed E-state index contributed by atoms with van der Waals surface area (Å²) in [4.78, 5) is 8.31. The summed E-state index contributed by atoms with van der Waals surface area (Å²) in [6.07, 6.45) is 1.40. The molecule has 5 nitrogen and oxygen atoms in total. The molecule has 0 saturated heterocycles. The Morgan fingerprint density at radius 2 is 2.00 bits per heavy atom. The molecule has 0 aliphatic rings. The number of hydrogen-bond acceptors (Lipinski definition) is 5. The molecule has 0 aliphatic carbocycles. The van der Waals surface area contributed by atoms with E-state index >= 15 is 0 Å². The Bertz CT molecular complexity index is 870. The number of fused-ring (bicyclic) bond motifs is 1. The Balaban J connectivity index is 2.09. The molecule has 3 rings (SSSR count). The van der Waals surface area contributed by atoms with E-state index in [1.54, 1.807) is 18.2 Å². The number of nitrogens with two attached hydrogens (primary N) is 1. The van der Waals surface area contributed by atoms with Gasteiger partial charge in [0, 0.05) is 11.1 Å². The summed E-state index contributed by atoms with van der Waals surface area (Å²) in [6.45, 7) is 0. The summed E-state index contributed by atoms with van der Waals surface area (Å²) in [5.41, 5.74) is 7.70. The highest BCUT2D eigenvalue weighted by atomic mass is 19.1. The zero-order valence-electron chi connectivity index (χ0n) is 10.8. The highest BCUT2D eigenvalue weighted by molar-refractivity contribution is 5.92. The van der Waals surface area contributed by atoms with Gasteiger partial charge in [-0.2, -0.15) is 5.26 Å². The molecular weight excluding hydrogens is 269 g/mol. The van der Waals surface area contributed by atoms with Crippen LogP contribution < -0.4 is 11.1 Å². The standard InChI is InChI=1S/C15H10FN5/c16-10-1-4-13(9(5-10)7-17)21-15-12-3-2-11(18)6-14(12)19-8-20-15/h1-6,8H,18H2,(H,19,20,21). The van der Waals surface area contributed by atoms with Crippen molar-refractivity contribution in [1.29, 1.82) is 5.26 Å². The Morgan fingerprint density at radius 3 is 2.81 bits per heavy atom. The molecule has 0 fully saturated rings. The van der Waals surface area contributed by atoms with Gasteiger partial charge in [0.05, 0.1) is 16.8 Å². The molecule has 102 valence electrons. The van der Waals surface area contributed by atoms with Gasteiger partial charge in [0.2, 0.25) is 0 Å². The van der Waals surface area contributed by atoms with E-state index < -0.39 is 5.82 Å². The molecule has 0 saturated carbocycles. The SMILES string of the molecule is N#Cc1cc(F)ccc1Nc1ncnc2cc(N)ccc12. The van der Waals surface area contributed by atoms with Gasteiger partial charge in [-0.3, -0.25) is 0 Å². The minimum atomic E-state index is -0.461. The van der Waals surface area contributed by atoms with E-state index in [9.17, 15) is 4.39 Å². The average molecular weight is 279 g/mol. The van der Waals surface area contributed by atoms with Crippen molar-refractivity contribution in [3.05, 3.63) is 54.1 Å². The lowest BCUT2D eigenvalue weighted by Crippen LogP contribution is -1.99. The van der Waals surface area contributed by atoms with Crippen LogP contribution in [0.25, 0.3) is 10.9 Å². The monoisotopic (exact) mass is 279 g/mol. The maximum Gasteiger partial charge on any atom is 0.141 e. The normalized spacial score (nSPS) is 10.3. The average Bonchev–Trinajstić information content (AvgIpc) is 2.49. The van der Waals surface area contributed by atoms with E-state index in [4.69, 9.17) is 11.0 Å². The van der Waals surface area contributed by atoms with E-state index in [0.717, 1.165) is 5.39 Å². The lowest BCUT2D eigenvalue weighted by molar-refractivity contribution is 0.627. The molecule has 1 aromatic heterocycles. The molecule has 0 bridgehead atoms. The summed E-state index contributed by atoms with van der Waals surface area (Å²) in [5, 5.41) is 12.9. The van der Waals surface area contributed by atoms with Gasteiger partial charge in [-0.05, 0) is 36.4 Å². The third-order valence-corrected chi connectivity index (χ3v) is 3.02. The molecule has 3 aromatic rings. The lowest BCUT2D eigenvalue weighted by atomic mass is 10.1. The maximum absolute atomic E-state index is 13.2. The van der Waals surface area contributed by atoms with Crippen LogP contribution in [-0.4, -0.2) is 9.97 Å². The molecule has 2 aromatic carbocycles. The van der Waals surface area contributed by atoms with Crippen LogP contribution in [0.2, 0.25) is 0 Å². The highest BCUT2D eigenvalue weighted by Crippen LogP contribution is 2.26. The van der Waals surface area contributed by atoms with Crippen LogP contribution in [0, 0.1) is 17.1 Å². The number of nitrogens with zero attached hydrogens (tertiary/aromatic N) is 3. The van der Waals surface area contributed by atoms with Crippen molar-refractivity contribution in [3.63, 3.8) is 0 Å². The molecule has 6 heteroatoms. The zero-order valence-corrected chi connectivity index (χ0v) is 10.8. The van der Waals surface area contributed by atoms with Crippen molar-refractivity contribution in [3.8, 4) is 6.07 Å². The summed E-state index contributed by atoms with van der Waals surface area (Å²) in [6, 6.07) is 11.2. The molecule has 0 atom stereocenters. The molecule has 1 heterocycles. The van der Waals surface area contributed by atoms with Gasteiger partial charge in [0.1, 0.15) is 24.0 Å². The van der Waals surface area contributed by atoms with Gasteiger partial charge in [0.15, 0.2) is 0 Å². The quantitative estimate of drug-likeness (QED) is 0.704. The number of nitrogen functional groups attached to an aromatic ring is 1. The van der Waals surface area contributed by atoms with E-state index in [0.29, 0.717) is 22.7 Å². The van der Waals surface area contributed by atoms with Gasteiger partial charge >= 0.3 is 0 Å². The summed E-state index contributed by atoms with van der Waals surface area (Å²) in [5.74, 6) is 0.0699. The van der Waals surface area contributed by atoms with Crippen LogP contribution in [0.15, 0.2) is 42.7 Å². The van der Waals surface area contributed by atoms with E-state index in [2.05, 4.69) is 15.3 Å². The van der Waals surface area contributed by atoms with Crippen LogP contribution in [-0.2, 0) is 0 Å². The third kappa shape index (κ3) is 2.44. The van der Waals surface area contributed by atoms with E-state index in [1.807, 2.05) is 6.07 Å². The van der Waals surface area contributed by atoms with Crippen LogP contribution in [0.4, 0.5) is 21.6 Å². The Hall–Kier alpha value is -3.20. The van der Waals surface area contributed by atoms with Crippen molar-refractivity contribution in [1.82, 2.24) is 9.97 Å². The molecule has 0 aliphatic heterocycles. The topological polar surface area (TPSA) is 87.6 Å². The number of nitrogens with one attached hydrogen (secondary N) is 1. The molecule has 0 unspecified atom stereocenters. The first-order valence-electron chi connectivity index (χ1n) is 6.14. The number of hydrogen-bond donors (Lipinski definition) is 2. The van der Waals surface area contributed by atoms with E-state index in [-0.39, 0.29) is 5.56 Å². The summed E-state index contributed by atoms with van der Waals surface area (Å²) >= 11 is 0. The van der Waals surface area contributed by atoms with Gasteiger partial charge in [-0.25, -0.2) is 14.4 Å². The Labute approximate surface area is 119 Å². The fourth-order valence-corrected chi connectivity index (χ4v) is 2.02. The summed E-state index contributed by atoms with van der Waals surface area (Å²) in [7, 11) is 0. The van der Waals surface area contributed by atoms with Crippen molar-refractivity contribution in [2.75, 3.05) is 11.1 Å². The first-order valence-corrected chi connectivity index (χ1v) is 6.14. The van der Waals surface area contributed by atoms with Crippen molar-refractivity contribution in [2.45, 2.75) is 0 Å². The number of halogens is 1. The van der Waals surface area contributed by atoms with Gasteiger partial charge in [-0.1, -0.05) is 0 Å². The zero-order chi connectivity index (χ0) is 14.8. The van der Waals surface area contributed by atoms with Crippen molar-refractivity contribution >= 4 is 28.1 Å². The van der Waals surface area contributed by atoms with E-state index in [1.165, 1.54) is 24.5 Å². The fraction of sp³-hybridized carbons (Fsp3) is 0. The van der Waals surface area contributed by atoms with Crippen LogP contribution in [0.3, 0.4) is 0 Å². The number of anilines is 3. The molecule has 0 amide bonds. The summed E-state index contributed by atoms with van der Waals surface area (Å²) < 4.78 is 13.2. The van der Waals surface area contributed by atoms with Crippen molar-refractivity contribution in [2.24, 2.45) is 0 Å². The van der Waals surface area contributed by atoms with Crippen LogP contribution in [0.5, 0.6) is 0 Å². The minimum Gasteiger partial charge on any atom is -0.399 e. The molecular formula is C15H10FN5. The van der Waals surface area contributed by atoms with Crippen LogP contribution in [0.1, 0.15) is 5.56 Å². The number of aromatic nitrogens is 2. The van der Waals surface area contributed by atoms with Gasteiger partial charge in [0.25, 0.3) is 0 Å².